The maximum atomic E-state index is 8.79. The van der Waals surface area contributed by atoms with E-state index in [0.29, 0.717) is 12.0 Å². The van der Waals surface area contributed by atoms with Crippen LogP contribution in [0.25, 0.3) is 0 Å². The fourth-order valence-corrected chi connectivity index (χ4v) is 4.34. The van der Waals surface area contributed by atoms with Crippen molar-refractivity contribution in [2.75, 3.05) is 6.52 Å². The summed E-state index contributed by atoms with van der Waals surface area (Å²) in [6.07, 6.45) is 1.10. The Labute approximate surface area is 183 Å². The molecule has 0 aromatic heterocycles. The first-order valence-electron chi connectivity index (χ1n) is 11.7. The van der Waals surface area contributed by atoms with Gasteiger partial charge in [-0.05, 0) is 29.0 Å². The average Bonchev–Trinajstić information content (AvgIpc) is 3.41. The Hall–Kier alpha value is -2.42. The summed E-state index contributed by atoms with van der Waals surface area (Å²) in [5.74, 6) is 0.588. The lowest BCUT2D eigenvalue weighted by Crippen LogP contribution is -2.40. The zero-order chi connectivity index (χ0) is 21.6. The van der Waals surface area contributed by atoms with Crippen LogP contribution in [-0.2, 0) is 19.6 Å². The monoisotopic (exact) mass is 399 g/mol. The van der Waals surface area contributed by atoms with Gasteiger partial charge in [0.1, 0.15) is 0 Å². The molecule has 0 bridgehead atoms. The minimum absolute atomic E-state index is 0.127. The molecule has 4 rings (SSSR count). The highest BCUT2D eigenvalue weighted by molar-refractivity contribution is 5.19. The Morgan fingerprint density at radius 1 is 0.800 bits per heavy atom. The number of benzene rings is 3. The summed E-state index contributed by atoms with van der Waals surface area (Å²) in [6, 6.07) is 32.8. The maximum Gasteiger partial charge on any atom is 0.0448 e. The highest BCUT2D eigenvalue weighted by Gasteiger charge is 2.43. The number of nitrogens with zero attached hydrogens (tertiary/aromatic N) is 2. The lowest BCUT2D eigenvalue weighted by Gasteiger charge is -2.33. The molecule has 1 aliphatic heterocycles. The van der Waals surface area contributed by atoms with Crippen LogP contribution in [0.3, 0.4) is 0 Å². The van der Waals surface area contributed by atoms with E-state index in [1.54, 1.807) is 0 Å². The molecule has 1 unspecified atom stereocenters. The van der Waals surface area contributed by atoms with Crippen molar-refractivity contribution in [1.82, 2.24) is 9.80 Å². The number of hydrogen-bond acceptors (Lipinski definition) is 2. The van der Waals surface area contributed by atoms with Gasteiger partial charge >= 0.3 is 0 Å². The predicted octanol–water partition coefficient (Wildman–Crippen LogP) is 5.99. The Morgan fingerprint density at radius 3 is 1.73 bits per heavy atom. The SMILES string of the molecule is [2H][C@H]1[C@@H]([C@@H](CC(C)C)N(Cc2ccccc2)Cc2ccccc2)N1Cc1ccccc1. The van der Waals surface area contributed by atoms with Crippen molar-refractivity contribution in [2.45, 2.75) is 52.0 Å². The van der Waals surface area contributed by atoms with Gasteiger partial charge in [-0.15, -0.1) is 0 Å². The van der Waals surface area contributed by atoms with Crippen LogP contribution in [0.15, 0.2) is 91.0 Å². The molecule has 30 heavy (non-hydrogen) atoms. The fraction of sp³-hybridized carbons (Fsp3) is 0.357. The van der Waals surface area contributed by atoms with Gasteiger partial charge in [0.15, 0.2) is 0 Å². The first-order valence-corrected chi connectivity index (χ1v) is 11.2. The molecule has 4 atom stereocenters. The quantitative estimate of drug-likeness (QED) is 0.386. The van der Waals surface area contributed by atoms with E-state index in [9.17, 15) is 0 Å². The maximum absolute atomic E-state index is 8.79. The molecule has 0 radical (unpaired) electrons. The molecular weight excluding hydrogens is 364 g/mol. The van der Waals surface area contributed by atoms with E-state index in [0.717, 1.165) is 26.1 Å². The van der Waals surface area contributed by atoms with Crippen LogP contribution < -0.4 is 0 Å². The standard InChI is InChI=1S/C28H34N2/c1-23(2)18-27(28-22-30(28)21-26-16-10-5-11-17-26)29(19-24-12-6-3-7-13-24)20-25-14-8-4-9-15-25/h3-17,23,27-28H,18-22H2,1-2H3/t27-,28+,30?/m1/s1/i22D/t22-,27+,28-,30?/m0. The zero-order valence-corrected chi connectivity index (χ0v) is 18.2. The van der Waals surface area contributed by atoms with Crippen LogP contribution >= 0.6 is 0 Å². The zero-order valence-electron chi connectivity index (χ0n) is 19.2. The van der Waals surface area contributed by atoms with Gasteiger partial charge in [0, 0.05) is 39.6 Å². The van der Waals surface area contributed by atoms with Crippen molar-refractivity contribution < 1.29 is 1.37 Å². The summed E-state index contributed by atoms with van der Waals surface area (Å²) in [5.41, 5.74) is 3.97. The Morgan fingerprint density at radius 2 is 1.27 bits per heavy atom. The van der Waals surface area contributed by atoms with E-state index in [-0.39, 0.29) is 12.6 Å². The van der Waals surface area contributed by atoms with E-state index in [1.807, 2.05) is 0 Å². The van der Waals surface area contributed by atoms with Gasteiger partial charge in [-0.3, -0.25) is 9.80 Å². The topological polar surface area (TPSA) is 6.25 Å². The molecule has 1 saturated heterocycles. The average molecular weight is 400 g/mol. The van der Waals surface area contributed by atoms with Crippen molar-refractivity contribution in [2.24, 2.45) is 5.92 Å². The van der Waals surface area contributed by atoms with Crippen LogP contribution in [0.4, 0.5) is 0 Å². The lowest BCUT2D eigenvalue weighted by molar-refractivity contribution is 0.140. The summed E-state index contributed by atoms with van der Waals surface area (Å²) in [5, 5.41) is 0. The van der Waals surface area contributed by atoms with E-state index in [4.69, 9.17) is 1.37 Å². The third kappa shape index (κ3) is 5.81. The summed E-state index contributed by atoms with van der Waals surface area (Å²) in [6.45, 7) is 7.17. The third-order valence-electron chi connectivity index (χ3n) is 5.88. The van der Waals surface area contributed by atoms with Gasteiger partial charge in [-0.25, -0.2) is 0 Å². The normalized spacial score (nSPS) is 22.1. The second-order valence-corrected chi connectivity index (χ2v) is 8.87. The molecule has 0 amide bonds. The molecule has 0 spiro atoms. The van der Waals surface area contributed by atoms with Crippen molar-refractivity contribution in [3.8, 4) is 0 Å². The van der Waals surface area contributed by atoms with Crippen molar-refractivity contribution in [1.29, 1.82) is 0 Å². The van der Waals surface area contributed by atoms with E-state index in [1.165, 1.54) is 16.7 Å². The molecule has 1 heterocycles. The molecule has 3 aromatic carbocycles. The Bertz CT molecular complexity index is 872. The van der Waals surface area contributed by atoms with Gasteiger partial charge in [0.25, 0.3) is 0 Å². The molecule has 156 valence electrons. The molecular formula is C28H34N2. The second kappa shape index (κ2) is 10.1. The second-order valence-electron chi connectivity index (χ2n) is 8.87. The van der Waals surface area contributed by atoms with Crippen LogP contribution in [0.5, 0.6) is 0 Å². The fourth-order valence-electron chi connectivity index (χ4n) is 4.34. The first-order chi connectivity index (χ1) is 15.1. The van der Waals surface area contributed by atoms with Gasteiger partial charge in [-0.2, -0.15) is 0 Å². The van der Waals surface area contributed by atoms with Crippen LogP contribution in [0.1, 0.15) is 38.3 Å². The van der Waals surface area contributed by atoms with E-state index < -0.39 is 0 Å². The van der Waals surface area contributed by atoms with Crippen molar-refractivity contribution >= 4 is 0 Å². The summed E-state index contributed by atoms with van der Waals surface area (Å²) in [7, 11) is 0. The van der Waals surface area contributed by atoms with Crippen LogP contribution in [0.2, 0.25) is 0 Å². The Balaban J connectivity index is 1.58. The smallest absolute Gasteiger partial charge is 0.0448 e. The molecule has 2 nitrogen and oxygen atoms in total. The molecule has 0 aliphatic carbocycles. The summed E-state index contributed by atoms with van der Waals surface area (Å²) >= 11 is 0. The lowest BCUT2D eigenvalue weighted by atomic mass is 9.98. The van der Waals surface area contributed by atoms with Gasteiger partial charge in [0.05, 0.1) is 0 Å². The first kappa shape index (κ1) is 19.5. The van der Waals surface area contributed by atoms with E-state index >= 15 is 0 Å². The van der Waals surface area contributed by atoms with Gasteiger partial charge < -0.3 is 0 Å². The van der Waals surface area contributed by atoms with Crippen LogP contribution in [0, 0.1) is 5.92 Å². The molecule has 1 aliphatic rings. The minimum Gasteiger partial charge on any atom is -0.292 e. The summed E-state index contributed by atoms with van der Waals surface area (Å²) in [4.78, 5) is 4.97. The van der Waals surface area contributed by atoms with Gasteiger partial charge in [0.2, 0.25) is 0 Å². The van der Waals surface area contributed by atoms with Crippen molar-refractivity contribution in [3.63, 3.8) is 0 Å². The molecule has 0 saturated carbocycles. The highest BCUT2D eigenvalue weighted by Crippen LogP contribution is 2.32. The summed E-state index contributed by atoms with van der Waals surface area (Å²) < 4.78 is 8.79. The van der Waals surface area contributed by atoms with E-state index in [2.05, 4.69) is 115 Å². The largest absolute Gasteiger partial charge is 0.292 e. The highest BCUT2D eigenvalue weighted by atomic mass is 15.4. The minimum atomic E-state index is -0.127. The molecule has 0 N–H and O–H groups in total. The van der Waals surface area contributed by atoms with Crippen molar-refractivity contribution in [3.05, 3.63) is 108 Å². The molecule has 3 aromatic rings. The number of rotatable bonds is 10. The number of hydrogen-bond donors (Lipinski definition) is 0. The molecule has 2 heteroatoms. The predicted molar refractivity (Wildman–Crippen MR) is 126 cm³/mol. The van der Waals surface area contributed by atoms with Gasteiger partial charge in [-0.1, -0.05) is 105 Å². The third-order valence-corrected chi connectivity index (χ3v) is 5.88. The Kier molecular flexibility index (Phi) is 6.55. The molecule has 1 fully saturated rings. The van der Waals surface area contributed by atoms with Crippen LogP contribution in [-0.4, -0.2) is 28.4 Å².